The van der Waals surface area contributed by atoms with E-state index in [1.807, 2.05) is 0 Å². The van der Waals surface area contributed by atoms with Crippen LogP contribution in [0.25, 0.3) is 0 Å². The van der Waals surface area contributed by atoms with Gasteiger partial charge in [0.05, 0.1) is 0 Å². The second-order valence-electron chi connectivity index (χ2n) is 6.95. The van der Waals surface area contributed by atoms with Gasteiger partial charge in [0.1, 0.15) is 0 Å². The number of nitrogens with zero attached hydrogens (tertiary/aromatic N) is 3. The number of likely N-dealkylation sites (tertiary alicyclic amines) is 1. The maximum atomic E-state index is 2.77. The molecule has 0 saturated carbocycles. The largest absolute Gasteiger partial charge is 0.301 e. The summed E-state index contributed by atoms with van der Waals surface area (Å²) in [4.78, 5) is 8.08. The molecule has 2 aliphatic rings. The van der Waals surface area contributed by atoms with E-state index in [1.165, 1.54) is 77.9 Å². The maximum Gasteiger partial charge on any atom is 0.0121 e. The Morgan fingerprint density at radius 3 is 2.10 bits per heavy atom. The molecule has 2 aliphatic heterocycles. The van der Waals surface area contributed by atoms with Crippen molar-refractivity contribution in [3.63, 3.8) is 0 Å². The van der Waals surface area contributed by atoms with Crippen LogP contribution in [0.2, 0.25) is 0 Å². The molecule has 0 aromatic rings. The molecule has 0 N–H and O–H groups in total. The first-order chi connectivity index (χ1) is 9.70. The normalized spacial score (nSPS) is 24.6. The SMILES string of the molecule is CCCCCN1CCN(C2CCN(C(C)C)CC2)CC1. The fraction of sp³-hybridized carbons (Fsp3) is 1.00. The highest BCUT2D eigenvalue weighted by Crippen LogP contribution is 2.19. The fourth-order valence-corrected chi connectivity index (χ4v) is 3.70. The zero-order chi connectivity index (χ0) is 14.4. The summed E-state index contributed by atoms with van der Waals surface area (Å²) in [6, 6.07) is 1.59. The first-order valence-electron chi connectivity index (χ1n) is 8.91. The van der Waals surface area contributed by atoms with E-state index < -0.39 is 0 Å². The van der Waals surface area contributed by atoms with E-state index in [4.69, 9.17) is 0 Å². The molecule has 2 rings (SSSR count). The summed E-state index contributed by atoms with van der Waals surface area (Å²) in [5, 5.41) is 0. The Morgan fingerprint density at radius 1 is 0.900 bits per heavy atom. The summed E-state index contributed by atoms with van der Waals surface area (Å²) in [6.45, 7) is 16.1. The van der Waals surface area contributed by atoms with Crippen LogP contribution in [-0.4, -0.2) is 72.6 Å². The molecule has 0 aromatic heterocycles. The van der Waals surface area contributed by atoms with Crippen molar-refractivity contribution in [1.82, 2.24) is 14.7 Å². The Morgan fingerprint density at radius 2 is 1.55 bits per heavy atom. The third-order valence-corrected chi connectivity index (χ3v) is 5.23. The quantitative estimate of drug-likeness (QED) is 0.693. The van der Waals surface area contributed by atoms with Crippen LogP contribution in [0, 0.1) is 0 Å². The van der Waals surface area contributed by atoms with Crippen molar-refractivity contribution in [2.45, 2.75) is 65.0 Å². The van der Waals surface area contributed by atoms with Crippen molar-refractivity contribution >= 4 is 0 Å². The van der Waals surface area contributed by atoms with E-state index >= 15 is 0 Å². The lowest BCUT2D eigenvalue weighted by Crippen LogP contribution is -2.53. The van der Waals surface area contributed by atoms with Crippen LogP contribution < -0.4 is 0 Å². The molecular weight excluding hydrogens is 246 g/mol. The molecule has 0 radical (unpaired) electrons. The average Bonchev–Trinajstić information content (AvgIpc) is 2.48. The second-order valence-corrected chi connectivity index (χ2v) is 6.95. The molecule has 3 heteroatoms. The van der Waals surface area contributed by atoms with Gasteiger partial charge >= 0.3 is 0 Å². The maximum absolute atomic E-state index is 2.77. The highest BCUT2D eigenvalue weighted by atomic mass is 15.3. The Hall–Kier alpha value is -0.120. The molecule has 0 amide bonds. The van der Waals surface area contributed by atoms with Gasteiger partial charge in [0.2, 0.25) is 0 Å². The van der Waals surface area contributed by atoms with Crippen LogP contribution in [-0.2, 0) is 0 Å². The molecule has 118 valence electrons. The predicted octanol–water partition coefficient (Wildman–Crippen LogP) is 2.67. The van der Waals surface area contributed by atoms with Crippen LogP contribution in [0.15, 0.2) is 0 Å². The number of hydrogen-bond donors (Lipinski definition) is 0. The molecule has 3 nitrogen and oxygen atoms in total. The Balaban J connectivity index is 1.64. The van der Waals surface area contributed by atoms with Gasteiger partial charge in [0.25, 0.3) is 0 Å². The van der Waals surface area contributed by atoms with Gasteiger partial charge in [-0.25, -0.2) is 0 Å². The van der Waals surface area contributed by atoms with Crippen molar-refractivity contribution in [3.8, 4) is 0 Å². The van der Waals surface area contributed by atoms with E-state index in [0.29, 0.717) is 0 Å². The molecule has 2 heterocycles. The molecule has 0 bridgehead atoms. The van der Waals surface area contributed by atoms with E-state index in [9.17, 15) is 0 Å². The fourth-order valence-electron chi connectivity index (χ4n) is 3.70. The van der Waals surface area contributed by atoms with Gasteiger partial charge in [-0.1, -0.05) is 19.8 Å². The van der Waals surface area contributed by atoms with E-state index in [2.05, 4.69) is 35.5 Å². The summed E-state index contributed by atoms with van der Waals surface area (Å²) in [5.41, 5.74) is 0. The lowest BCUT2D eigenvalue weighted by molar-refractivity contribution is 0.0515. The number of rotatable bonds is 6. The van der Waals surface area contributed by atoms with Crippen molar-refractivity contribution in [2.75, 3.05) is 45.8 Å². The highest BCUT2D eigenvalue weighted by molar-refractivity contribution is 4.84. The predicted molar refractivity (Wildman–Crippen MR) is 87.3 cm³/mol. The number of piperidine rings is 1. The smallest absolute Gasteiger partial charge is 0.0121 e. The molecule has 0 spiro atoms. The van der Waals surface area contributed by atoms with Crippen molar-refractivity contribution in [2.24, 2.45) is 0 Å². The Labute approximate surface area is 126 Å². The molecule has 2 fully saturated rings. The van der Waals surface area contributed by atoms with Crippen LogP contribution in [0.1, 0.15) is 52.9 Å². The highest BCUT2D eigenvalue weighted by Gasteiger charge is 2.27. The second kappa shape index (κ2) is 8.35. The summed E-state index contributed by atoms with van der Waals surface area (Å²) in [6.07, 6.45) is 6.90. The lowest BCUT2D eigenvalue weighted by Gasteiger charge is -2.43. The van der Waals surface area contributed by atoms with Crippen LogP contribution in [0.4, 0.5) is 0 Å². The van der Waals surface area contributed by atoms with Crippen LogP contribution in [0.5, 0.6) is 0 Å². The standard InChI is InChI=1S/C17H35N3/c1-4-5-6-9-18-12-14-20(15-13-18)17-7-10-19(11-8-17)16(2)3/h16-17H,4-15H2,1-3H3. The van der Waals surface area contributed by atoms with Crippen molar-refractivity contribution < 1.29 is 0 Å². The van der Waals surface area contributed by atoms with Gasteiger partial charge in [-0.3, -0.25) is 4.90 Å². The van der Waals surface area contributed by atoms with Gasteiger partial charge in [0, 0.05) is 38.3 Å². The first-order valence-corrected chi connectivity index (χ1v) is 8.91. The summed E-state index contributed by atoms with van der Waals surface area (Å²) < 4.78 is 0. The molecule has 20 heavy (non-hydrogen) atoms. The summed E-state index contributed by atoms with van der Waals surface area (Å²) >= 11 is 0. The minimum Gasteiger partial charge on any atom is -0.301 e. The zero-order valence-electron chi connectivity index (χ0n) is 14.0. The monoisotopic (exact) mass is 281 g/mol. The lowest BCUT2D eigenvalue weighted by atomic mass is 10.0. The zero-order valence-corrected chi connectivity index (χ0v) is 14.0. The minimum atomic E-state index is 0.728. The molecule has 0 aliphatic carbocycles. The van der Waals surface area contributed by atoms with Crippen LogP contribution in [0.3, 0.4) is 0 Å². The number of hydrogen-bond acceptors (Lipinski definition) is 3. The molecule has 0 unspecified atom stereocenters. The molecule has 2 saturated heterocycles. The summed E-state index contributed by atoms with van der Waals surface area (Å²) in [7, 11) is 0. The van der Waals surface area contributed by atoms with Gasteiger partial charge < -0.3 is 9.80 Å². The molecular formula is C17H35N3. The van der Waals surface area contributed by atoms with Crippen molar-refractivity contribution in [3.05, 3.63) is 0 Å². The van der Waals surface area contributed by atoms with E-state index in [1.54, 1.807) is 0 Å². The van der Waals surface area contributed by atoms with E-state index in [-0.39, 0.29) is 0 Å². The Kier molecular flexibility index (Phi) is 6.79. The van der Waals surface area contributed by atoms with Crippen molar-refractivity contribution in [1.29, 1.82) is 0 Å². The van der Waals surface area contributed by atoms with Gasteiger partial charge in [-0.05, 0) is 52.7 Å². The van der Waals surface area contributed by atoms with E-state index in [0.717, 1.165) is 12.1 Å². The van der Waals surface area contributed by atoms with Gasteiger partial charge in [-0.15, -0.1) is 0 Å². The molecule has 0 aromatic carbocycles. The first kappa shape index (κ1) is 16.3. The number of piperazine rings is 1. The van der Waals surface area contributed by atoms with Gasteiger partial charge in [0.15, 0.2) is 0 Å². The topological polar surface area (TPSA) is 9.72 Å². The third kappa shape index (κ3) is 4.71. The third-order valence-electron chi connectivity index (χ3n) is 5.23. The average molecular weight is 281 g/mol. The molecule has 0 atom stereocenters. The minimum absolute atomic E-state index is 0.728. The number of unbranched alkanes of at least 4 members (excludes halogenated alkanes) is 2. The summed E-state index contributed by atoms with van der Waals surface area (Å²) in [5.74, 6) is 0. The Bertz CT molecular complexity index is 251. The van der Waals surface area contributed by atoms with Gasteiger partial charge in [-0.2, -0.15) is 0 Å². The van der Waals surface area contributed by atoms with Crippen LogP contribution >= 0.6 is 0 Å².